The Hall–Kier alpha value is -3.71. The molecule has 180 valence electrons. The van der Waals surface area contributed by atoms with E-state index in [1.807, 2.05) is 36.8 Å². The first kappa shape index (κ1) is 23.1. The summed E-state index contributed by atoms with van der Waals surface area (Å²) >= 11 is 0. The molecule has 0 bridgehead atoms. The standard InChI is InChI=1S/C28H31N5O2/c1-20-16-32(17-21(2)33(20)19-23-5-4-11-29-14-23)26-13-25-10-12-31(27(25)30-15-26)18-22-6-8-24(9-7-22)28(34)35-3/h4-15,20-21H,16-19H2,1-3H3. The topological polar surface area (TPSA) is 63.5 Å². The van der Waals surface area contributed by atoms with E-state index in [4.69, 9.17) is 9.72 Å². The van der Waals surface area contributed by atoms with Gasteiger partial charge in [0.15, 0.2) is 0 Å². The highest BCUT2D eigenvalue weighted by molar-refractivity contribution is 5.89. The number of aromatic nitrogens is 3. The summed E-state index contributed by atoms with van der Waals surface area (Å²) in [6.07, 6.45) is 7.86. The lowest BCUT2D eigenvalue weighted by Gasteiger charge is -2.45. The highest BCUT2D eigenvalue weighted by Crippen LogP contribution is 2.27. The predicted octanol–water partition coefficient (Wildman–Crippen LogP) is 4.37. The number of piperazine rings is 1. The first-order valence-electron chi connectivity index (χ1n) is 12.0. The van der Waals surface area contributed by atoms with E-state index >= 15 is 0 Å². The van der Waals surface area contributed by atoms with Crippen LogP contribution in [0.1, 0.15) is 35.3 Å². The summed E-state index contributed by atoms with van der Waals surface area (Å²) in [5.41, 5.74) is 5.04. The number of benzene rings is 1. The summed E-state index contributed by atoms with van der Waals surface area (Å²) in [5, 5.41) is 1.13. The molecule has 35 heavy (non-hydrogen) atoms. The van der Waals surface area contributed by atoms with Gasteiger partial charge in [0.1, 0.15) is 5.65 Å². The average molecular weight is 470 g/mol. The fraction of sp³-hybridized carbons (Fsp3) is 0.321. The van der Waals surface area contributed by atoms with Crippen LogP contribution in [-0.4, -0.2) is 57.7 Å². The SMILES string of the molecule is COC(=O)c1ccc(Cn2ccc3cc(N4CC(C)N(Cc5cccnc5)C(C)C4)cnc32)cc1. The molecule has 2 atom stereocenters. The quantitative estimate of drug-likeness (QED) is 0.391. The van der Waals surface area contributed by atoms with Crippen molar-refractivity contribution in [1.29, 1.82) is 0 Å². The average Bonchev–Trinajstić information content (AvgIpc) is 3.28. The number of nitrogens with zero attached hydrogens (tertiary/aromatic N) is 5. The van der Waals surface area contributed by atoms with Gasteiger partial charge in [-0.1, -0.05) is 18.2 Å². The van der Waals surface area contributed by atoms with Gasteiger partial charge in [-0.05, 0) is 55.3 Å². The van der Waals surface area contributed by atoms with Gasteiger partial charge in [-0.3, -0.25) is 9.88 Å². The molecule has 0 N–H and O–H groups in total. The van der Waals surface area contributed by atoms with Gasteiger partial charge < -0.3 is 14.2 Å². The molecule has 2 unspecified atom stereocenters. The molecule has 1 saturated heterocycles. The third-order valence-electron chi connectivity index (χ3n) is 6.87. The minimum atomic E-state index is -0.321. The van der Waals surface area contributed by atoms with Crippen molar-refractivity contribution in [2.45, 2.75) is 39.0 Å². The Bertz CT molecular complexity index is 1290. The highest BCUT2D eigenvalue weighted by atomic mass is 16.5. The maximum Gasteiger partial charge on any atom is 0.337 e. The van der Waals surface area contributed by atoms with Gasteiger partial charge in [-0.2, -0.15) is 0 Å². The molecule has 0 spiro atoms. The monoisotopic (exact) mass is 469 g/mol. The molecule has 1 fully saturated rings. The summed E-state index contributed by atoms with van der Waals surface area (Å²) < 4.78 is 6.93. The molecule has 0 aliphatic carbocycles. The van der Waals surface area contributed by atoms with Crippen LogP contribution in [0.5, 0.6) is 0 Å². The van der Waals surface area contributed by atoms with E-state index < -0.39 is 0 Å². The van der Waals surface area contributed by atoms with E-state index in [9.17, 15) is 4.79 Å². The number of hydrogen-bond donors (Lipinski definition) is 0. The number of carbonyl (C=O) groups is 1. The smallest absolute Gasteiger partial charge is 0.337 e. The van der Waals surface area contributed by atoms with Crippen molar-refractivity contribution in [3.05, 3.63) is 90.0 Å². The summed E-state index contributed by atoms with van der Waals surface area (Å²) in [6.45, 7) is 8.14. The molecule has 1 aromatic carbocycles. The van der Waals surface area contributed by atoms with Gasteiger partial charge in [0.05, 0.1) is 24.6 Å². The van der Waals surface area contributed by atoms with E-state index in [0.717, 1.165) is 41.9 Å². The van der Waals surface area contributed by atoms with Crippen LogP contribution in [-0.2, 0) is 17.8 Å². The Balaban J connectivity index is 1.29. The molecule has 4 heterocycles. The molecule has 1 aliphatic rings. The van der Waals surface area contributed by atoms with Crippen molar-refractivity contribution < 1.29 is 9.53 Å². The van der Waals surface area contributed by atoms with Crippen LogP contribution >= 0.6 is 0 Å². The summed E-state index contributed by atoms with van der Waals surface area (Å²) in [5.74, 6) is -0.321. The van der Waals surface area contributed by atoms with Crippen molar-refractivity contribution in [1.82, 2.24) is 19.4 Å². The van der Waals surface area contributed by atoms with Crippen LogP contribution in [0.25, 0.3) is 11.0 Å². The van der Waals surface area contributed by atoms with Crippen LogP contribution in [0.2, 0.25) is 0 Å². The van der Waals surface area contributed by atoms with Crippen LogP contribution in [0.3, 0.4) is 0 Å². The van der Waals surface area contributed by atoms with Crippen LogP contribution in [0.4, 0.5) is 5.69 Å². The maximum absolute atomic E-state index is 11.7. The summed E-state index contributed by atoms with van der Waals surface area (Å²) in [6, 6.07) is 16.9. The second-order valence-electron chi connectivity index (χ2n) is 9.38. The van der Waals surface area contributed by atoms with Crippen LogP contribution < -0.4 is 4.90 Å². The van der Waals surface area contributed by atoms with Gasteiger partial charge in [0.25, 0.3) is 0 Å². The van der Waals surface area contributed by atoms with Crippen molar-refractivity contribution in [3.63, 3.8) is 0 Å². The van der Waals surface area contributed by atoms with E-state index in [0.29, 0.717) is 24.2 Å². The lowest BCUT2D eigenvalue weighted by molar-refractivity contribution is 0.0600. The lowest BCUT2D eigenvalue weighted by Crippen LogP contribution is -2.56. The zero-order valence-corrected chi connectivity index (χ0v) is 20.5. The molecule has 5 rings (SSSR count). The number of esters is 1. The lowest BCUT2D eigenvalue weighted by atomic mass is 10.1. The van der Waals surface area contributed by atoms with E-state index in [2.05, 4.69) is 57.6 Å². The second-order valence-corrected chi connectivity index (χ2v) is 9.38. The number of carbonyl (C=O) groups excluding carboxylic acids is 1. The number of rotatable bonds is 6. The molecular formula is C28H31N5O2. The Labute approximate surface area is 206 Å². The van der Waals surface area contributed by atoms with Gasteiger partial charge in [-0.25, -0.2) is 9.78 Å². The van der Waals surface area contributed by atoms with E-state index in [1.165, 1.54) is 12.7 Å². The molecule has 1 aliphatic heterocycles. The molecule has 4 aromatic rings. The number of anilines is 1. The molecule has 0 amide bonds. The summed E-state index contributed by atoms with van der Waals surface area (Å²) in [7, 11) is 1.39. The number of methoxy groups -OCH3 is 1. The third-order valence-corrected chi connectivity index (χ3v) is 6.87. The fourth-order valence-corrected chi connectivity index (χ4v) is 5.01. The normalized spacial score (nSPS) is 18.7. The van der Waals surface area contributed by atoms with Crippen LogP contribution in [0, 0.1) is 0 Å². The molecule has 3 aromatic heterocycles. The van der Waals surface area contributed by atoms with E-state index in [-0.39, 0.29) is 5.97 Å². The largest absolute Gasteiger partial charge is 0.465 e. The highest BCUT2D eigenvalue weighted by Gasteiger charge is 2.30. The van der Waals surface area contributed by atoms with Gasteiger partial charge in [-0.15, -0.1) is 0 Å². The Morgan fingerprint density at radius 3 is 2.46 bits per heavy atom. The van der Waals surface area contributed by atoms with Crippen LogP contribution in [0.15, 0.2) is 73.3 Å². The van der Waals surface area contributed by atoms with Crippen molar-refractivity contribution >= 4 is 22.7 Å². The first-order valence-corrected chi connectivity index (χ1v) is 12.0. The molecular weight excluding hydrogens is 438 g/mol. The zero-order valence-electron chi connectivity index (χ0n) is 20.5. The van der Waals surface area contributed by atoms with Gasteiger partial charge >= 0.3 is 5.97 Å². The Morgan fingerprint density at radius 2 is 1.77 bits per heavy atom. The number of ether oxygens (including phenoxy) is 1. The van der Waals surface area contributed by atoms with Crippen molar-refractivity contribution in [3.8, 4) is 0 Å². The minimum Gasteiger partial charge on any atom is -0.465 e. The number of fused-ring (bicyclic) bond motifs is 1. The maximum atomic E-state index is 11.7. The second kappa shape index (κ2) is 9.88. The Kier molecular flexibility index (Phi) is 6.51. The zero-order chi connectivity index (χ0) is 24.4. The summed E-state index contributed by atoms with van der Waals surface area (Å²) in [4.78, 5) is 25.8. The number of hydrogen-bond acceptors (Lipinski definition) is 6. The molecule has 0 radical (unpaired) electrons. The number of pyridine rings is 2. The van der Waals surface area contributed by atoms with Crippen molar-refractivity contribution in [2.75, 3.05) is 25.1 Å². The molecule has 7 heteroatoms. The third kappa shape index (κ3) is 4.91. The Morgan fingerprint density at radius 1 is 1.00 bits per heavy atom. The van der Waals surface area contributed by atoms with Gasteiger partial charge in [0, 0.05) is 62.2 Å². The predicted molar refractivity (Wildman–Crippen MR) is 138 cm³/mol. The molecule has 7 nitrogen and oxygen atoms in total. The molecule has 0 saturated carbocycles. The minimum absolute atomic E-state index is 0.321. The van der Waals surface area contributed by atoms with Gasteiger partial charge in [0.2, 0.25) is 0 Å². The first-order chi connectivity index (χ1) is 17.0. The van der Waals surface area contributed by atoms with E-state index in [1.54, 1.807) is 12.1 Å². The van der Waals surface area contributed by atoms with Crippen molar-refractivity contribution in [2.24, 2.45) is 0 Å². The fourth-order valence-electron chi connectivity index (χ4n) is 5.01.